The smallest absolute Gasteiger partial charge is 0.216 e. The maximum atomic E-state index is 5.18. The lowest BCUT2D eigenvalue weighted by Crippen LogP contribution is -2.24. The Labute approximate surface area is 117 Å². The van der Waals surface area contributed by atoms with Crippen LogP contribution in [0.15, 0.2) is 23.8 Å². The molecule has 2 heterocycles. The fourth-order valence-corrected chi connectivity index (χ4v) is 2.94. The molecule has 1 unspecified atom stereocenters. The van der Waals surface area contributed by atoms with Crippen molar-refractivity contribution in [1.29, 1.82) is 0 Å². The van der Waals surface area contributed by atoms with Gasteiger partial charge in [0.15, 0.2) is 0 Å². The van der Waals surface area contributed by atoms with Crippen molar-refractivity contribution in [3.63, 3.8) is 0 Å². The third kappa shape index (κ3) is 3.30. The quantitative estimate of drug-likeness (QED) is 0.882. The SMILES string of the molecule is CCCNC(c1cc(OC)ncn1)c1sccc1C. The van der Waals surface area contributed by atoms with Crippen molar-refractivity contribution in [2.24, 2.45) is 0 Å². The summed E-state index contributed by atoms with van der Waals surface area (Å²) in [6.07, 6.45) is 2.64. The van der Waals surface area contributed by atoms with Gasteiger partial charge >= 0.3 is 0 Å². The standard InChI is InChI=1S/C14H19N3OS/c1-4-6-15-13(14-10(2)5-7-19-14)11-8-12(18-3)17-9-16-11/h5,7-9,13,15H,4,6H2,1-3H3. The van der Waals surface area contributed by atoms with E-state index >= 15 is 0 Å². The molecule has 5 heteroatoms. The Morgan fingerprint density at radius 1 is 1.42 bits per heavy atom. The van der Waals surface area contributed by atoms with Crippen LogP contribution in [-0.4, -0.2) is 23.6 Å². The van der Waals surface area contributed by atoms with Crippen LogP contribution in [0.25, 0.3) is 0 Å². The first kappa shape index (κ1) is 14.0. The van der Waals surface area contributed by atoms with Crippen molar-refractivity contribution in [2.75, 3.05) is 13.7 Å². The molecule has 0 bridgehead atoms. The molecule has 1 N–H and O–H groups in total. The molecule has 0 saturated carbocycles. The molecule has 0 aliphatic rings. The van der Waals surface area contributed by atoms with Crippen LogP contribution in [0.5, 0.6) is 5.88 Å². The van der Waals surface area contributed by atoms with Gasteiger partial charge in [0.2, 0.25) is 5.88 Å². The highest BCUT2D eigenvalue weighted by Gasteiger charge is 2.18. The number of rotatable bonds is 6. The summed E-state index contributed by atoms with van der Waals surface area (Å²) in [6.45, 7) is 5.24. The minimum absolute atomic E-state index is 0.108. The Morgan fingerprint density at radius 2 is 2.26 bits per heavy atom. The summed E-state index contributed by atoms with van der Waals surface area (Å²) in [5.41, 5.74) is 2.24. The molecule has 19 heavy (non-hydrogen) atoms. The van der Waals surface area contributed by atoms with E-state index in [1.807, 2.05) is 6.07 Å². The Balaban J connectivity index is 2.34. The van der Waals surface area contributed by atoms with Crippen LogP contribution in [0, 0.1) is 6.92 Å². The summed E-state index contributed by atoms with van der Waals surface area (Å²) in [7, 11) is 1.62. The van der Waals surface area contributed by atoms with E-state index in [0.29, 0.717) is 5.88 Å². The van der Waals surface area contributed by atoms with Gasteiger partial charge in [-0.3, -0.25) is 0 Å². The zero-order chi connectivity index (χ0) is 13.7. The lowest BCUT2D eigenvalue weighted by atomic mass is 10.1. The molecular weight excluding hydrogens is 258 g/mol. The van der Waals surface area contributed by atoms with Crippen LogP contribution in [0.3, 0.4) is 0 Å². The third-order valence-corrected chi connectivity index (χ3v) is 4.01. The van der Waals surface area contributed by atoms with E-state index in [1.54, 1.807) is 24.8 Å². The van der Waals surface area contributed by atoms with Crippen LogP contribution in [0.4, 0.5) is 0 Å². The molecule has 0 spiro atoms. The molecule has 0 amide bonds. The highest BCUT2D eigenvalue weighted by molar-refractivity contribution is 7.10. The lowest BCUT2D eigenvalue weighted by Gasteiger charge is -2.18. The van der Waals surface area contributed by atoms with Crippen LogP contribution < -0.4 is 10.1 Å². The first-order chi connectivity index (χ1) is 9.26. The van der Waals surface area contributed by atoms with E-state index in [-0.39, 0.29) is 6.04 Å². The van der Waals surface area contributed by atoms with Crippen LogP contribution in [0.1, 0.15) is 35.5 Å². The molecule has 0 radical (unpaired) electrons. The topological polar surface area (TPSA) is 47.0 Å². The van der Waals surface area contributed by atoms with Crippen LogP contribution >= 0.6 is 11.3 Å². The molecule has 102 valence electrons. The number of aromatic nitrogens is 2. The Hall–Kier alpha value is -1.46. The van der Waals surface area contributed by atoms with Gasteiger partial charge in [-0.15, -0.1) is 11.3 Å². The van der Waals surface area contributed by atoms with E-state index in [4.69, 9.17) is 4.74 Å². The largest absolute Gasteiger partial charge is 0.481 e. The fourth-order valence-electron chi connectivity index (χ4n) is 1.92. The van der Waals surface area contributed by atoms with Gasteiger partial charge in [-0.2, -0.15) is 0 Å². The molecule has 0 aromatic carbocycles. The molecule has 2 aromatic heterocycles. The molecule has 0 aliphatic heterocycles. The van der Waals surface area contributed by atoms with Crippen molar-refractivity contribution in [3.05, 3.63) is 40.0 Å². The van der Waals surface area contributed by atoms with Gasteiger partial charge < -0.3 is 10.1 Å². The molecule has 1 atom stereocenters. The van der Waals surface area contributed by atoms with Crippen molar-refractivity contribution in [2.45, 2.75) is 26.3 Å². The van der Waals surface area contributed by atoms with Gasteiger partial charge in [-0.05, 0) is 36.9 Å². The number of thiophene rings is 1. The number of methoxy groups -OCH3 is 1. The highest BCUT2D eigenvalue weighted by Crippen LogP contribution is 2.29. The minimum atomic E-state index is 0.108. The predicted octanol–water partition coefficient (Wildman–Crippen LogP) is 2.94. The van der Waals surface area contributed by atoms with E-state index in [1.165, 1.54) is 10.4 Å². The van der Waals surface area contributed by atoms with Gasteiger partial charge in [-0.1, -0.05) is 6.92 Å². The first-order valence-corrected chi connectivity index (χ1v) is 7.27. The van der Waals surface area contributed by atoms with Crippen molar-refractivity contribution >= 4 is 11.3 Å². The summed E-state index contributed by atoms with van der Waals surface area (Å²) in [5.74, 6) is 0.600. The predicted molar refractivity (Wildman–Crippen MR) is 77.8 cm³/mol. The molecule has 2 rings (SSSR count). The average Bonchev–Trinajstić information content (AvgIpc) is 2.86. The molecular formula is C14H19N3OS. The van der Waals surface area contributed by atoms with E-state index < -0.39 is 0 Å². The van der Waals surface area contributed by atoms with E-state index in [9.17, 15) is 0 Å². The highest BCUT2D eigenvalue weighted by atomic mass is 32.1. The van der Waals surface area contributed by atoms with E-state index in [0.717, 1.165) is 18.7 Å². The third-order valence-electron chi connectivity index (χ3n) is 2.93. The molecule has 4 nitrogen and oxygen atoms in total. The Kier molecular flexibility index (Phi) is 4.87. The van der Waals surface area contributed by atoms with Gasteiger partial charge in [0.05, 0.1) is 18.8 Å². The number of hydrogen-bond acceptors (Lipinski definition) is 5. The van der Waals surface area contributed by atoms with E-state index in [2.05, 4.69) is 40.6 Å². The van der Waals surface area contributed by atoms with Crippen LogP contribution in [0.2, 0.25) is 0 Å². The number of nitrogens with one attached hydrogen (secondary N) is 1. The number of nitrogens with zero attached hydrogens (tertiary/aromatic N) is 2. The maximum Gasteiger partial charge on any atom is 0.216 e. The lowest BCUT2D eigenvalue weighted by molar-refractivity contribution is 0.395. The van der Waals surface area contributed by atoms with Gasteiger partial charge in [-0.25, -0.2) is 9.97 Å². The zero-order valence-electron chi connectivity index (χ0n) is 11.5. The monoisotopic (exact) mass is 277 g/mol. The van der Waals surface area contributed by atoms with Crippen LogP contribution in [-0.2, 0) is 0 Å². The molecule has 0 aliphatic carbocycles. The molecule has 0 fully saturated rings. The number of aryl methyl sites for hydroxylation is 1. The minimum Gasteiger partial charge on any atom is -0.481 e. The summed E-state index contributed by atoms with van der Waals surface area (Å²) < 4.78 is 5.18. The summed E-state index contributed by atoms with van der Waals surface area (Å²) in [6, 6.07) is 4.14. The number of hydrogen-bond donors (Lipinski definition) is 1. The Morgan fingerprint density at radius 3 is 2.89 bits per heavy atom. The van der Waals surface area contributed by atoms with Gasteiger partial charge in [0.1, 0.15) is 6.33 Å². The second-order valence-electron chi connectivity index (χ2n) is 4.34. The van der Waals surface area contributed by atoms with Gasteiger partial charge in [0, 0.05) is 10.9 Å². The normalized spacial score (nSPS) is 12.4. The molecule has 2 aromatic rings. The second kappa shape index (κ2) is 6.63. The maximum absolute atomic E-state index is 5.18. The Bertz CT molecular complexity index is 527. The van der Waals surface area contributed by atoms with Gasteiger partial charge in [0.25, 0.3) is 0 Å². The summed E-state index contributed by atoms with van der Waals surface area (Å²) >= 11 is 1.75. The van der Waals surface area contributed by atoms with Crippen molar-refractivity contribution in [3.8, 4) is 5.88 Å². The summed E-state index contributed by atoms with van der Waals surface area (Å²) in [4.78, 5) is 9.76. The number of ether oxygens (including phenoxy) is 1. The van der Waals surface area contributed by atoms with Crippen molar-refractivity contribution in [1.82, 2.24) is 15.3 Å². The van der Waals surface area contributed by atoms with Crippen molar-refractivity contribution < 1.29 is 4.74 Å². The molecule has 0 saturated heterocycles. The first-order valence-electron chi connectivity index (χ1n) is 6.39. The summed E-state index contributed by atoms with van der Waals surface area (Å²) in [5, 5.41) is 5.66. The second-order valence-corrected chi connectivity index (χ2v) is 5.29. The fraction of sp³-hybridized carbons (Fsp3) is 0.429. The average molecular weight is 277 g/mol. The zero-order valence-corrected chi connectivity index (χ0v) is 12.3.